The molecule has 0 saturated carbocycles. The zero-order chi connectivity index (χ0) is 21.7. The van der Waals surface area contributed by atoms with E-state index in [1.54, 1.807) is 43.0 Å². The van der Waals surface area contributed by atoms with Crippen molar-refractivity contribution in [2.24, 2.45) is 0 Å². The van der Waals surface area contributed by atoms with Crippen molar-refractivity contribution in [3.63, 3.8) is 0 Å². The van der Waals surface area contributed by atoms with Gasteiger partial charge in [-0.15, -0.1) is 0 Å². The molecule has 3 rings (SSSR count). The SMILES string of the molecule is COc1ccc(-c2n[nH]c(=S)n2CC(=O)N(C)Cc2ccc(OC(F)F)cc2)cc1. The Morgan fingerprint density at radius 2 is 1.80 bits per heavy atom. The molecule has 2 aromatic carbocycles. The van der Waals surface area contributed by atoms with Gasteiger partial charge in [0, 0.05) is 19.2 Å². The number of carbonyl (C=O) groups excluding carboxylic acids is 1. The van der Waals surface area contributed by atoms with Crippen molar-refractivity contribution in [2.45, 2.75) is 19.7 Å². The summed E-state index contributed by atoms with van der Waals surface area (Å²) in [5, 5.41) is 6.95. The van der Waals surface area contributed by atoms with E-state index in [4.69, 9.17) is 17.0 Å². The lowest BCUT2D eigenvalue weighted by atomic mass is 10.2. The monoisotopic (exact) mass is 434 g/mol. The van der Waals surface area contributed by atoms with Crippen molar-refractivity contribution in [2.75, 3.05) is 14.2 Å². The van der Waals surface area contributed by atoms with E-state index in [9.17, 15) is 13.6 Å². The van der Waals surface area contributed by atoms with Gasteiger partial charge in [0.1, 0.15) is 18.0 Å². The number of carbonyl (C=O) groups is 1. The van der Waals surface area contributed by atoms with Gasteiger partial charge in [-0.2, -0.15) is 13.9 Å². The summed E-state index contributed by atoms with van der Waals surface area (Å²) in [6.07, 6.45) is 0. The average Bonchev–Trinajstić information content (AvgIpc) is 3.09. The molecule has 10 heteroatoms. The van der Waals surface area contributed by atoms with Gasteiger partial charge in [-0.25, -0.2) is 0 Å². The van der Waals surface area contributed by atoms with Crippen molar-refractivity contribution < 1.29 is 23.0 Å². The number of nitrogens with one attached hydrogen (secondary N) is 1. The fraction of sp³-hybridized carbons (Fsp3) is 0.250. The third kappa shape index (κ3) is 5.20. The van der Waals surface area contributed by atoms with Crippen molar-refractivity contribution in [1.82, 2.24) is 19.7 Å². The van der Waals surface area contributed by atoms with Crippen LogP contribution in [0.25, 0.3) is 11.4 Å². The molecular formula is C20H20F2N4O3S. The van der Waals surface area contributed by atoms with Gasteiger partial charge in [0.25, 0.3) is 0 Å². The highest BCUT2D eigenvalue weighted by Crippen LogP contribution is 2.21. The maximum atomic E-state index is 12.7. The Morgan fingerprint density at radius 1 is 1.17 bits per heavy atom. The van der Waals surface area contributed by atoms with Crippen LogP contribution in [0.2, 0.25) is 0 Å². The van der Waals surface area contributed by atoms with Gasteiger partial charge in [0.2, 0.25) is 5.91 Å². The minimum Gasteiger partial charge on any atom is -0.497 e. The number of likely N-dealkylation sites (N-methyl/N-ethyl adjacent to an activating group) is 1. The lowest BCUT2D eigenvalue weighted by Gasteiger charge is -2.18. The van der Waals surface area contributed by atoms with Crippen LogP contribution in [0.4, 0.5) is 8.78 Å². The molecule has 0 aliphatic rings. The second-order valence-electron chi connectivity index (χ2n) is 6.44. The summed E-state index contributed by atoms with van der Waals surface area (Å²) in [5.41, 5.74) is 1.56. The van der Waals surface area contributed by atoms with Crippen molar-refractivity contribution in [3.05, 3.63) is 58.9 Å². The lowest BCUT2D eigenvalue weighted by Crippen LogP contribution is -2.30. The molecule has 1 amide bonds. The quantitative estimate of drug-likeness (QED) is 0.545. The van der Waals surface area contributed by atoms with Crippen molar-refractivity contribution in [1.29, 1.82) is 0 Å². The van der Waals surface area contributed by atoms with E-state index in [2.05, 4.69) is 14.9 Å². The van der Waals surface area contributed by atoms with E-state index in [1.165, 1.54) is 17.0 Å². The summed E-state index contributed by atoms with van der Waals surface area (Å²) in [7, 11) is 3.24. The van der Waals surface area contributed by atoms with E-state index in [-0.39, 0.29) is 18.2 Å². The molecule has 158 valence electrons. The molecule has 0 saturated heterocycles. The van der Waals surface area contributed by atoms with Gasteiger partial charge in [-0.1, -0.05) is 12.1 Å². The van der Waals surface area contributed by atoms with Crippen LogP contribution in [0.1, 0.15) is 5.56 Å². The summed E-state index contributed by atoms with van der Waals surface area (Å²) in [4.78, 5) is 14.3. The second-order valence-corrected chi connectivity index (χ2v) is 6.83. The highest BCUT2D eigenvalue weighted by atomic mass is 32.1. The molecule has 0 radical (unpaired) electrons. The fourth-order valence-electron chi connectivity index (χ4n) is 2.82. The van der Waals surface area contributed by atoms with Gasteiger partial charge < -0.3 is 14.4 Å². The van der Waals surface area contributed by atoms with E-state index in [1.807, 2.05) is 12.1 Å². The molecule has 0 aliphatic carbocycles. The number of halogens is 2. The summed E-state index contributed by atoms with van der Waals surface area (Å²) >= 11 is 5.28. The third-order valence-corrected chi connectivity index (χ3v) is 4.71. The molecule has 0 aliphatic heterocycles. The molecule has 0 atom stereocenters. The summed E-state index contributed by atoms with van der Waals surface area (Å²) in [5.74, 6) is 1.13. The Bertz CT molecular complexity index is 1050. The summed E-state index contributed by atoms with van der Waals surface area (Å²) < 4.78 is 35.9. The topological polar surface area (TPSA) is 72.4 Å². The number of rotatable bonds is 8. The first-order valence-electron chi connectivity index (χ1n) is 8.94. The van der Waals surface area contributed by atoms with Gasteiger partial charge in [-0.05, 0) is 54.2 Å². The molecule has 1 heterocycles. The minimum absolute atomic E-state index is 0.000225. The number of methoxy groups -OCH3 is 1. The van der Waals surface area contributed by atoms with Crippen molar-refractivity contribution >= 4 is 18.1 Å². The number of aromatic nitrogens is 3. The van der Waals surface area contributed by atoms with Gasteiger partial charge >= 0.3 is 6.61 Å². The summed E-state index contributed by atoms with van der Waals surface area (Å²) in [6.45, 7) is -2.57. The molecule has 30 heavy (non-hydrogen) atoms. The number of ether oxygens (including phenoxy) is 2. The first-order valence-corrected chi connectivity index (χ1v) is 9.35. The second kappa shape index (κ2) is 9.49. The molecule has 0 fully saturated rings. The number of amides is 1. The Labute approximate surface area is 176 Å². The zero-order valence-corrected chi connectivity index (χ0v) is 17.2. The van der Waals surface area contributed by atoms with Gasteiger partial charge in [0.15, 0.2) is 10.6 Å². The molecular weight excluding hydrogens is 414 g/mol. The molecule has 0 unspecified atom stereocenters. The van der Waals surface area contributed by atoms with E-state index in [0.29, 0.717) is 22.9 Å². The van der Waals surface area contributed by atoms with Crippen molar-refractivity contribution in [3.8, 4) is 22.9 Å². The van der Waals surface area contributed by atoms with Crippen LogP contribution in [-0.4, -0.2) is 46.3 Å². The largest absolute Gasteiger partial charge is 0.497 e. The smallest absolute Gasteiger partial charge is 0.387 e. The molecule has 1 aromatic heterocycles. The molecule has 0 bridgehead atoms. The predicted molar refractivity (Wildman–Crippen MR) is 109 cm³/mol. The van der Waals surface area contributed by atoms with Crippen LogP contribution in [0.15, 0.2) is 48.5 Å². The first kappa shape index (κ1) is 21.4. The number of hydrogen-bond acceptors (Lipinski definition) is 5. The number of alkyl halides is 2. The zero-order valence-electron chi connectivity index (χ0n) is 16.3. The normalized spacial score (nSPS) is 10.8. The standard InChI is InChI=1S/C20H20F2N4O3S/c1-25(11-13-3-7-16(8-4-13)29-19(21)22)17(27)12-26-18(23-24-20(26)30)14-5-9-15(28-2)10-6-14/h3-10,19H,11-12H2,1-2H3,(H,24,30). The summed E-state index contributed by atoms with van der Waals surface area (Å²) in [6, 6.07) is 13.4. The Hall–Kier alpha value is -3.27. The Kier molecular flexibility index (Phi) is 6.78. The lowest BCUT2D eigenvalue weighted by molar-refractivity contribution is -0.131. The molecule has 0 spiro atoms. The van der Waals surface area contributed by atoms with Crippen LogP contribution in [0, 0.1) is 4.77 Å². The highest BCUT2D eigenvalue weighted by molar-refractivity contribution is 7.71. The Morgan fingerprint density at radius 3 is 2.40 bits per heavy atom. The van der Waals surface area contributed by atoms with Crippen LogP contribution in [0.3, 0.4) is 0 Å². The van der Waals surface area contributed by atoms with Crippen LogP contribution in [-0.2, 0) is 17.9 Å². The maximum Gasteiger partial charge on any atom is 0.387 e. The van der Waals surface area contributed by atoms with Gasteiger partial charge in [-0.3, -0.25) is 14.5 Å². The third-order valence-electron chi connectivity index (χ3n) is 4.39. The number of nitrogens with zero attached hydrogens (tertiary/aromatic N) is 3. The van der Waals surface area contributed by atoms with Crippen LogP contribution in [0.5, 0.6) is 11.5 Å². The number of aromatic amines is 1. The first-order chi connectivity index (χ1) is 14.4. The van der Waals surface area contributed by atoms with Crippen LogP contribution < -0.4 is 9.47 Å². The Balaban J connectivity index is 1.69. The van der Waals surface area contributed by atoms with Crippen LogP contribution >= 0.6 is 12.2 Å². The molecule has 7 nitrogen and oxygen atoms in total. The minimum atomic E-state index is -2.88. The molecule has 3 aromatic rings. The van der Waals surface area contributed by atoms with E-state index >= 15 is 0 Å². The van der Waals surface area contributed by atoms with Gasteiger partial charge in [0.05, 0.1) is 7.11 Å². The maximum absolute atomic E-state index is 12.7. The fourth-order valence-corrected chi connectivity index (χ4v) is 3.02. The number of H-pyrrole nitrogens is 1. The average molecular weight is 434 g/mol. The van der Waals surface area contributed by atoms with E-state index in [0.717, 1.165) is 11.1 Å². The molecule has 1 N–H and O–H groups in total. The predicted octanol–water partition coefficient (Wildman–Crippen LogP) is 3.88. The number of benzene rings is 2. The number of hydrogen-bond donors (Lipinski definition) is 1. The highest BCUT2D eigenvalue weighted by Gasteiger charge is 2.16. The van der Waals surface area contributed by atoms with E-state index < -0.39 is 6.61 Å².